The first-order valence-electron chi connectivity index (χ1n) is 8.88. The maximum absolute atomic E-state index is 12.4. The summed E-state index contributed by atoms with van der Waals surface area (Å²) in [5, 5.41) is 23.7. The van der Waals surface area contributed by atoms with Crippen LogP contribution in [0.5, 0.6) is 0 Å². The molecule has 0 aliphatic rings. The standard InChI is InChI=1S/C21H15N5O4S/c1-13-9-19(27)25-21(23-13)31-18-8-7-14(11-17(18)26(29)30)10-15(12-22)20(28)24-16-5-3-2-4-6-16/h2-11H,1H3,(H,24,28)(H,23,25,27)/b15-10+. The van der Waals surface area contributed by atoms with Gasteiger partial charge in [0.1, 0.15) is 11.6 Å². The second-order valence-corrected chi connectivity index (χ2v) is 7.30. The largest absolute Gasteiger partial charge is 0.321 e. The molecule has 0 saturated carbocycles. The summed E-state index contributed by atoms with van der Waals surface area (Å²) in [6, 6.07) is 16.0. The first-order chi connectivity index (χ1) is 14.9. The molecule has 10 heteroatoms. The van der Waals surface area contributed by atoms with Gasteiger partial charge >= 0.3 is 0 Å². The summed E-state index contributed by atoms with van der Waals surface area (Å²) in [7, 11) is 0. The van der Waals surface area contributed by atoms with E-state index in [1.54, 1.807) is 37.3 Å². The predicted molar refractivity (Wildman–Crippen MR) is 115 cm³/mol. The summed E-state index contributed by atoms with van der Waals surface area (Å²) in [5.74, 6) is -0.628. The van der Waals surface area contributed by atoms with Crippen molar-refractivity contribution in [3.05, 3.63) is 91.9 Å². The van der Waals surface area contributed by atoms with Crippen LogP contribution in [0.3, 0.4) is 0 Å². The smallest absolute Gasteiger partial charge is 0.283 e. The number of H-pyrrole nitrogens is 1. The van der Waals surface area contributed by atoms with Crippen molar-refractivity contribution >= 4 is 35.1 Å². The number of carbonyl (C=O) groups excluding carboxylic acids is 1. The van der Waals surface area contributed by atoms with E-state index in [1.807, 2.05) is 6.07 Å². The van der Waals surface area contributed by atoms with E-state index in [9.17, 15) is 25.0 Å². The Labute approximate surface area is 180 Å². The normalized spacial score (nSPS) is 10.9. The zero-order valence-corrected chi connectivity index (χ0v) is 17.0. The van der Waals surface area contributed by atoms with Gasteiger partial charge in [0.2, 0.25) is 0 Å². The number of para-hydroxylation sites is 1. The van der Waals surface area contributed by atoms with Crippen LogP contribution in [0.15, 0.2) is 75.0 Å². The molecular formula is C21H15N5O4S. The molecule has 154 valence electrons. The third-order valence-corrected chi connectivity index (χ3v) is 4.89. The fraction of sp³-hybridized carbons (Fsp3) is 0.0476. The Morgan fingerprint density at radius 2 is 2.00 bits per heavy atom. The quantitative estimate of drug-likeness (QED) is 0.198. The number of nitro groups is 1. The fourth-order valence-corrected chi connectivity index (χ4v) is 3.52. The number of nitriles is 1. The number of carbonyl (C=O) groups is 1. The molecule has 1 aromatic heterocycles. The van der Waals surface area contributed by atoms with Crippen LogP contribution in [-0.4, -0.2) is 20.8 Å². The van der Waals surface area contributed by atoms with Crippen molar-refractivity contribution in [3.63, 3.8) is 0 Å². The molecule has 2 N–H and O–H groups in total. The second kappa shape index (κ2) is 9.51. The first kappa shape index (κ1) is 21.5. The highest BCUT2D eigenvalue weighted by atomic mass is 32.2. The maximum Gasteiger partial charge on any atom is 0.283 e. The van der Waals surface area contributed by atoms with Gasteiger partial charge in [-0.3, -0.25) is 19.7 Å². The van der Waals surface area contributed by atoms with Gasteiger partial charge in [0.15, 0.2) is 5.16 Å². The average Bonchev–Trinajstić information content (AvgIpc) is 2.72. The van der Waals surface area contributed by atoms with E-state index in [0.29, 0.717) is 16.9 Å². The molecule has 3 aromatic rings. The molecular weight excluding hydrogens is 418 g/mol. The van der Waals surface area contributed by atoms with E-state index >= 15 is 0 Å². The number of aryl methyl sites for hydroxylation is 1. The number of anilines is 1. The first-order valence-corrected chi connectivity index (χ1v) is 9.70. The monoisotopic (exact) mass is 433 g/mol. The Hall–Kier alpha value is -4.23. The lowest BCUT2D eigenvalue weighted by atomic mass is 10.1. The van der Waals surface area contributed by atoms with Crippen molar-refractivity contribution in [1.29, 1.82) is 5.26 Å². The molecule has 0 radical (unpaired) electrons. The van der Waals surface area contributed by atoms with Gasteiger partial charge in [-0.05, 0) is 48.5 Å². The Balaban J connectivity index is 1.90. The number of aromatic amines is 1. The van der Waals surface area contributed by atoms with Crippen molar-refractivity contribution in [1.82, 2.24) is 9.97 Å². The topological polar surface area (TPSA) is 142 Å². The minimum Gasteiger partial charge on any atom is -0.321 e. The third-order valence-electron chi connectivity index (χ3n) is 3.94. The van der Waals surface area contributed by atoms with Gasteiger partial charge in [-0.15, -0.1) is 0 Å². The van der Waals surface area contributed by atoms with Crippen molar-refractivity contribution < 1.29 is 9.72 Å². The number of rotatable bonds is 6. The summed E-state index contributed by atoms with van der Waals surface area (Å²) in [6.45, 7) is 1.64. The zero-order valence-electron chi connectivity index (χ0n) is 16.2. The lowest BCUT2D eigenvalue weighted by Gasteiger charge is -2.06. The summed E-state index contributed by atoms with van der Waals surface area (Å²) in [6.07, 6.45) is 1.27. The van der Waals surface area contributed by atoms with E-state index < -0.39 is 10.8 Å². The Morgan fingerprint density at radius 3 is 2.65 bits per heavy atom. The highest BCUT2D eigenvalue weighted by molar-refractivity contribution is 7.99. The lowest BCUT2D eigenvalue weighted by Crippen LogP contribution is -2.13. The highest BCUT2D eigenvalue weighted by Gasteiger charge is 2.18. The van der Waals surface area contributed by atoms with Crippen molar-refractivity contribution in [2.24, 2.45) is 0 Å². The van der Waals surface area contributed by atoms with Crippen LogP contribution < -0.4 is 10.9 Å². The van der Waals surface area contributed by atoms with Crippen LogP contribution in [0.2, 0.25) is 0 Å². The number of nitro benzene ring substituents is 1. The van der Waals surface area contributed by atoms with Crippen LogP contribution in [0.4, 0.5) is 11.4 Å². The summed E-state index contributed by atoms with van der Waals surface area (Å²) < 4.78 is 0. The van der Waals surface area contributed by atoms with Gasteiger partial charge in [0, 0.05) is 23.5 Å². The molecule has 9 nitrogen and oxygen atoms in total. The van der Waals surface area contributed by atoms with Crippen LogP contribution in [0.25, 0.3) is 6.08 Å². The Morgan fingerprint density at radius 1 is 1.26 bits per heavy atom. The summed E-state index contributed by atoms with van der Waals surface area (Å²) in [4.78, 5) is 41.9. The molecule has 2 aromatic carbocycles. The molecule has 0 saturated heterocycles. The molecule has 0 bridgehead atoms. The van der Waals surface area contributed by atoms with Gasteiger partial charge in [-0.25, -0.2) is 4.98 Å². The van der Waals surface area contributed by atoms with Crippen molar-refractivity contribution in [2.45, 2.75) is 17.0 Å². The van der Waals surface area contributed by atoms with E-state index in [1.165, 1.54) is 30.3 Å². The molecule has 0 fully saturated rings. The third kappa shape index (κ3) is 5.65. The zero-order chi connectivity index (χ0) is 22.4. The van der Waals surface area contributed by atoms with Crippen molar-refractivity contribution in [2.75, 3.05) is 5.32 Å². The molecule has 0 spiro atoms. The fourth-order valence-electron chi connectivity index (χ4n) is 2.59. The number of nitrogens with zero attached hydrogens (tertiary/aromatic N) is 3. The van der Waals surface area contributed by atoms with Crippen LogP contribution >= 0.6 is 11.8 Å². The average molecular weight is 433 g/mol. The Bertz CT molecular complexity index is 1280. The maximum atomic E-state index is 12.4. The minimum atomic E-state index is -0.628. The number of hydrogen-bond acceptors (Lipinski definition) is 7. The van der Waals surface area contributed by atoms with E-state index in [4.69, 9.17) is 0 Å². The number of amides is 1. The molecule has 0 aliphatic heterocycles. The second-order valence-electron chi connectivity index (χ2n) is 6.27. The number of aromatic nitrogens is 2. The molecule has 0 aliphatic carbocycles. The van der Waals surface area contributed by atoms with Gasteiger partial charge in [-0.1, -0.05) is 24.3 Å². The van der Waals surface area contributed by atoms with Gasteiger partial charge in [0.25, 0.3) is 17.2 Å². The summed E-state index contributed by atoms with van der Waals surface area (Å²) >= 11 is 0.939. The van der Waals surface area contributed by atoms with E-state index in [0.717, 1.165) is 11.8 Å². The summed E-state index contributed by atoms with van der Waals surface area (Å²) in [5.41, 5.74) is 0.497. The predicted octanol–water partition coefficient (Wildman–Crippen LogP) is 3.68. The highest BCUT2D eigenvalue weighted by Crippen LogP contribution is 2.34. The SMILES string of the molecule is Cc1cc(=O)[nH]c(Sc2ccc(/C=C(\C#N)C(=O)Nc3ccccc3)cc2[N+](=O)[O-])n1. The van der Waals surface area contributed by atoms with Crippen LogP contribution in [0.1, 0.15) is 11.3 Å². The molecule has 0 unspecified atom stereocenters. The van der Waals surface area contributed by atoms with Gasteiger partial charge in [0.05, 0.1) is 9.82 Å². The number of nitrogens with one attached hydrogen (secondary N) is 2. The van der Waals surface area contributed by atoms with Crippen LogP contribution in [-0.2, 0) is 4.79 Å². The van der Waals surface area contributed by atoms with Crippen LogP contribution in [0, 0.1) is 28.4 Å². The number of benzene rings is 2. The number of hydrogen-bond donors (Lipinski definition) is 2. The van der Waals surface area contributed by atoms with Crippen molar-refractivity contribution in [3.8, 4) is 6.07 Å². The van der Waals surface area contributed by atoms with Gasteiger partial charge < -0.3 is 10.3 Å². The molecule has 31 heavy (non-hydrogen) atoms. The minimum absolute atomic E-state index is 0.205. The molecule has 1 heterocycles. The molecule has 0 atom stereocenters. The van der Waals surface area contributed by atoms with E-state index in [2.05, 4.69) is 15.3 Å². The molecule has 1 amide bonds. The van der Waals surface area contributed by atoms with E-state index in [-0.39, 0.29) is 26.9 Å². The Kier molecular flexibility index (Phi) is 6.59. The lowest BCUT2D eigenvalue weighted by molar-refractivity contribution is -0.387. The molecule has 3 rings (SSSR count). The van der Waals surface area contributed by atoms with Gasteiger partial charge in [-0.2, -0.15) is 5.26 Å².